The van der Waals surface area contributed by atoms with Crippen LogP contribution in [0.5, 0.6) is 0 Å². The fraction of sp³-hybridized carbons (Fsp3) is 0.867. The third-order valence-electron chi connectivity index (χ3n) is 3.51. The zero-order valence-electron chi connectivity index (χ0n) is 12.6. The number of amides is 1. The zero-order chi connectivity index (χ0) is 15.0. The van der Waals surface area contributed by atoms with Crippen molar-refractivity contribution < 1.29 is 19.4 Å². The number of unbranched alkanes of at least 4 members (excludes halogenated alkanes) is 1. The van der Waals surface area contributed by atoms with Crippen molar-refractivity contribution in [2.45, 2.75) is 70.9 Å². The lowest BCUT2D eigenvalue weighted by atomic mass is 9.96. The highest BCUT2D eigenvalue weighted by molar-refractivity contribution is 5.76. The van der Waals surface area contributed by atoms with Gasteiger partial charge in [-0.25, -0.2) is 0 Å². The predicted molar refractivity (Wildman–Crippen MR) is 76.5 cm³/mol. The summed E-state index contributed by atoms with van der Waals surface area (Å²) in [6, 6.07) is 0.208. The molecule has 1 amide bonds. The molecule has 0 aromatic rings. The van der Waals surface area contributed by atoms with E-state index >= 15 is 0 Å². The van der Waals surface area contributed by atoms with Crippen molar-refractivity contribution in [1.29, 1.82) is 0 Å². The first kappa shape index (κ1) is 17.0. The third kappa shape index (κ3) is 7.48. The largest absolute Gasteiger partial charge is 0.481 e. The molecule has 1 heterocycles. The smallest absolute Gasteiger partial charge is 0.303 e. The van der Waals surface area contributed by atoms with Gasteiger partial charge in [0.05, 0.1) is 6.10 Å². The third-order valence-corrected chi connectivity index (χ3v) is 3.51. The van der Waals surface area contributed by atoms with Crippen LogP contribution in [0.3, 0.4) is 0 Å². The Hall–Kier alpha value is -1.10. The summed E-state index contributed by atoms with van der Waals surface area (Å²) in [4.78, 5) is 22.2. The molecule has 5 nitrogen and oxygen atoms in total. The van der Waals surface area contributed by atoms with E-state index in [1.165, 1.54) is 0 Å². The number of aliphatic carboxylic acids is 1. The van der Waals surface area contributed by atoms with E-state index in [0.717, 1.165) is 19.3 Å². The van der Waals surface area contributed by atoms with Crippen LogP contribution in [0, 0.1) is 5.92 Å². The summed E-state index contributed by atoms with van der Waals surface area (Å²) in [6.45, 7) is 5.06. The van der Waals surface area contributed by atoms with Crippen molar-refractivity contribution >= 4 is 11.9 Å². The van der Waals surface area contributed by atoms with Crippen LogP contribution < -0.4 is 5.32 Å². The van der Waals surface area contributed by atoms with E-state index in [1.807, 2.05) is 0 Å². The Balaban J connectivity index is 2.18. The van der Waals surface area contributed by atoms with Gasteiger partial charge in [-0.05, 0) is 38.0 Å². The Morgan fingerprint density at radius 3 is 2.65 bits per heavy atom. The summed E-state index contributed by atoms with van der Waals surface area (Å²) in [7, 11) is 0. The number of rotatable bonds is 8. The Morgan fingerprint density at radius 1 is 1.30 bits per heavy atom. The summed E-state index contributed by atoms with van der Waals surface area (Å²) in [5.41, 5.74) is 0. The Labute approximate surface area is 121 Å². The fourth-order valence-electron chi connectivity index (χ4n) is 2.56. The minimum absolute atomic E-state index is 0.0329. The number of carboxylic acids is 1. The number of hydrogen-bond acceptors (Lipinski definition) is 3. The lowest BCUT2D eigenvalue weighted by molar-refractivity contribution is -0.137. The molecular formula is C15H27NO4. The molecule has 1 saturated heterocycles. The van der Waals surface area contributed by atoms with Crippen LogP contribution in [0.2, 0.25) is 0 Å². The highest BCUT2D eigenvalue weighted by Gasteiger charge is 2.24. The number of carboxylic acid groups (broad SMARTS) is 1. The molecule has 0 aromatic heterocycles. The van der Waals surface area contributed by atoms with Gasteiger partial charge in [0.1, 0.15) is 0 Å². The lowest BCUT2D eigenvalue weighted by Gasteiger charge is -2.31. The van der Waals surface area contributed by atoms with Crippen LogP contribution in [-0.4, -0.2) is 35.7 Å². The quantitative estimate of drug-likeness (QED) is 0.671. The van der Waals surface area contributed by atoms with Gasteiger partial charge in [0.15, 0.2) is 0 Å². The molecule has 2 N–H and O–H groups in total. The van der Waals surface area contributed by atoms with E-state index in [2.05, 4.69) is 19.2 Å². The Morgan fingerprint density at radius 2 is 2.00 bits per heavy atom. The van der Waals surface area contributed by atoms with Gasteiger partial charge in [-0.1, -0.05) is 13.8 Å². The van der Waals surface area contributed by atoms with Gasteiger partial charge in [0.2, 0.25) is 5.91 Å². The van der Waals surface area contributed by atoms with Crippen molar-refractivity contribution in [2.75, 3.05) is 6.61 Å². The first-order valence-corrected chi connectivity index (χ1v) is 7.60. The summed E-state index contributed by atoms with van der Waals surface area (Å²) in [5.74, 6) is -0.164. The number of carbonyl (C=O) groups is 2. The molecule has 1 aliphatic heterocycles. The predicted octanol–water partition coefficient (Wildman–Crippen LogP) is 2.34. The molecule has 0 radical (unpaired) electrons. The monoisotopic (exact) mass is 285 g/mol. The van der Waals surface area contributed by atoms with Crippen LogP contribution in [0.15, 0.2) is 0 Å². The van der Waals surface area contributed by atoms with Crippen molar-refractivity contribution in [2.24, 2.45) is 5.92 Å². The highest BCUT2D eigenvalue weighted by atomic mass is 16.5. The molecule has 2 unspecified atom stereocenters. The highest BCUT2D eigenvalue weighted by Crippen LogP contribution is 2.20. The molecule has 20 heavy (non-hydrogen) atoms. The molecule has 0 aliphatic carbocycles. The topological polar surface area (TPSA) is 75.6 Å². The van der Waals surface area contributed by atoms with E-state index in [-0.39, 0.29) is 24.5 Å². The van der Waals surface area contributed by atoms with E-state index < -0.39 is 5.97 Å². The maximum Gasteiger partial charge on any atom is 0.303 e. The first-order valence-electron chi connectivity index (χ1n) is 7.60. The summed E-state index contributed by atoms with van der Waals surface area (Å²) < 4.78 is 5.71. The molecule has 2 atom stereocenters. The minimum atomic E-state index is -0.800. The average molecular weight is 285 g/mol. The van der Waals surface area contributed by atoms with Crippen LogP contribution in [-0.2, 0) is 14.3 Å². The summed E-state index contributed by atoms with van der Waals surface area (Å²) >= 11 is 0. The second kappa shape index (κ2) is 8.95. The van der Waals surface area contributed by atoms with E-state index in [0.29, 0.717) is 31.8 Å². The molecule has 0 bridgehead atoms. The molecule has 0 spiro atoms. The second-order valence-electron chi connectivity index (χ2n) is 6.01. The number of ether oxygens (including phenoxy) is 1. The van der Waals surface area contributed by atoms with Gasteiger partial charge in [0.25, 0.3) is 0 Å². The fourth-order valence-corrected chi connectivity index (χ4v) is 2.56. The van der Waals surface area contributed by atoms with Gasteiger partial charge < -0.3 is 15.2 Å². The number of carbonyl (C=O) groups excluding carboxylic acids is 1. The number of nitrogens with one attached hydrogen (secondary N) is 1. The van der Waals surface area contributed by atoms with Crippen molar-refractivity contribution in [3.63, 3.8) is 0 Å². The maximum atomic E-state index is 11.8. The van der Waals surface area contributed by atoms with Crippen molar-refractivity contribution in [3.8, 4) is 0 Å². The first-order chi connectivity index (χ1) is 9.47. The van der Waals surface area contributed by atoms with E-state index in [9.17, 15) is 9.59 Å². The van der Waals surface area contributed by atoms with Gasteiger partial charge >= 0.3 is 5.97 Å². The molecule has 1 fully saturated rings. The Kier molecular flexibility index (Phi) is 7.59. The molecule has 1 rings (SSSR count). The van der Waals surface area contributed by atoms with Crippen LogP contribution in [0.1, 0.15) is 58.8 Å². The SMILES string of the molecule is CC(C)CC1CC(NC(=O)CCCCC(=O)O)CCO1. The van der Waals surface area contributed by atoms with Gasteiger partial charge in [-0.3, -0.25) is 9.59 Å². The summed E-state index contributed by atoms with van der Waals surface area (Å²) in [6.07, 6.45) is 4.80. The molecule has 0 aromatic carbocycles. The Bertz CT molecular complexity index is 317. The summed E-state index contributed by atoms with van der Waals surface area (Å²) in [5, 5.41) is 11.6. The van der Waals surface area contributed by atoms with Gasteiger partial charge in [-0.2, -0.15) is 0 Å². The zero-order valence-corrected chi connectivity index (χ0v) is 12.6. The molecule has 116 valence electrons. The van der Waals surface area contributed by atoms with E-state index in [4.69, 9.17) is 9.84 Å². The normalized spacial score (nSPS) is 22.8. The lowest BCUT2D eigenvalue weighted by Crippen LogP contribution is -2.42. The minimum Gasteiger partial charge on any atom is -0.481 e. The molecule has 0 saturated carbocycles. The second-order valence-corrected chi connectivity index (χ2v) is 6.01. The maximum absolute atomic E-state index is 11.8. The number of hydrogen-bond donors (Lipinski definition) is 2. The van der Waals surface area contributed by atoms with Gasteiger partial charge in [0, 0.05) is 25.5 Å². The molecule has 5 heteroatoms. The molecular weight excluding hydrogens is 258 g/mol. The van der Waals surface area contributed by atoms with Crippen LogP contribution >= 0.6 is 0 Å². The van der Waals surface area contributed by atoms with Crippen LogP contribution in [0.25, 0.3) is 0 Å². The molecule has 1 aliphatic rings. The standard InChI is InChI=1S/C15H27NO4/c1-11(2)9-13-10-12(7-8-20-13)16-14(17)5-3-4-6-15(18)19/h11-13H,3-10H2,1-2H3,(H,16,17)(H,18,19). The van der Waals surface area contributed by atoms with E-state index in [1.54, 1.807) is 0 Å². The van der Waals surface area contributed by atoms with Gasteiger partial charge in [-0.15, -0.1) is 0 Å². The van der Waals surface area contributed by atoms with Crippen molar-refractivity contribution in [3.05, 3.63) is 0 Å². The average Bonchev–Trinajstić information content (AvgIpc) is 2.34. The van der Waals surface area contributed by atoms with Crippen molar-refractivity contribution in [1.82, 2.24) is 5.32 Å². The van der Waals surface area contributed by atoms with Crippen LogP contribution in [0.4, 0.5) is 0 Å².